The summed E-state index contributed by atoms with van der Waals surface area (Å²) in [6.45, 7) is 3.67. The number of aryl methyl sites for hydroxylation is 2. The Morgan fingerprint density at radius 1 is 1.22 bits per heavy atom. The fourth-order valence-electron chi connectivity index (χ4n) is 2.04. The van der Waals surface area contributed by atoms with E-state index in [0.717, 1.165) is 15.4 Å². The molecular formula is C16H15N3O3S. The van der Waals surface area contributed by atoms with Gasteiger partial charge in [0.2, 0.25) is 5.89 Å². The fourth-order valence-corrected chi connectivity index (χ4v) is 2.94. The van der Waals surface area contributed by atoms with Crippen LogP contribution in [-0.4, -0.2) is 23.2 Å². The molecule has 0 atom stereocenters. The third kappa shape index (κ3) is 3.24. The number of rotatable bonds is 4. The minimum atomic E-state index is -0.179. The van der Waals surface area contributed by atoms with E-state index in [1.54, 1.807) is 38.3 Å². The molecule has 7 heteroatoms. The van der Waals surface area contributed by atoms with Crippen LogP contribution in [0.1, 0.15) is 21.1 Å². The first kappa shape index (κ1) is 15.2. The van der Waals surface area contributed by atoms with Gasteiger partial charge in [-0.2, -0.15) is 0 Å². The van der Waals surface area contributed by atoms with Gasteiger partial charge in [-0.15, -0.1) is 21.5 Å². The number of methoxy groups -OCH3 is 1. The second kappa shape index (κ2) is 6.21. The molecule has 1 amide bonds. The van der Waals surface area contributed by atoms with Crippen molar-refractivity contribution in [3.05, 3.63) is 46.7 Å². The van der Waals surface area contributed by atoms with Gasteiger partial charge in [0, 0.05) is 17.4 Å². The number of amides is 1. The van der Waals surface area contributed by atoms with Crippen molar-refractivity contribution in [1.29, 1.82) is 0 Å². The Bertz CT molecular complexity index is 837. The molecule has 2 aromatic heterocycles. The largest absolute Gasteiger partial charge is 0.497 e. The molecule has 0 aliphatic rings. The highest BCUT2D eigenvalue weighted by molar-refractivity contribution is 7.15. The lowest BCUT2D eigenvalue weighted by Crippen LogP contribution is -2.11. The molecule has 3 rings (SSSR count). The second-order valence-electron chi connectivity index (χ2n) is 4.89. The molecule has 0 aliphatic carbocycles. The number of nitrogens with one attached hydrogen (secondary N) is 1. The highest BCUT2D eigenvalue weighted by Crippen LogP contribution is 2.33. The quantitative estimate of drug-likeness (QED) is 0.790. The lowest BCUT2D eigenvalue weighted by atomic mass is 10.2. The van der Waals surface area contributed by atoms with E-state index in [4.69, 9.17) is 9.15 Å². The first-order chi connectivity index (χ1) is 11.1. The van der Waals surface area contributed by atoms with Crippen molar-refractivity contribution in [3.63, 3.8) is 0 Å². The van der Waals surface area contributed by atoms with Crippen LogP contribution in [0.15, 0.2) is 34.7 Å². The van der Waals surface area contributed by atoms with Crippen molar-refractivity contribution in [2.24, 2.45) is 0 Å². The van der Waals surface area contributed by atoms with Crippen LogP contribution < -0.4 is 10.1 Å². The van der Waals surface area contributed by atoms with E-state index in [1.165, 1.54) is 11.3 Å². The predicted octanol–water partition coefficient (Wildman–Crippen LogP) is 3.68. The molecule has 0 radical (unpaired) electrons. The topological polar surface area (TPSA) is 77.2 Å². The van der Waals surface area contributed by atoms with E-state index in [2.05, 4.69) is 15.5 Å². The number of anilines is 1. The third-order valence-corrected chi connectivity index (χ3v) is 4.29. The van der Waals surface area contributed by atoms with E-state index in [-0.39, 0.29) is 5.91 Å². The number of aromatic nitrogens is 2. The van der Waals surface area contributed by atoms with E-state index in [1.807, 2.05) is 13.0 Å². The molecular weight excluding hydrogens is 314 g/mol. The highest BCUT2D eigenvalue weighted by atomic mass is 32.1. The molecule has 0 bridgehead atoms. The predicted molar refractivity (Wildman–Crippen MR) is 88.0 cm³/mol. The molecule has 0 spiro atoms. The normalized spacial score (nSPS) is 10.6. The maximum Gasteiger partial charge on any atom is 0.257 e. The van der Waals surface area contributed by atoms with Gasteiger partial charge in [-0.1, -0.05) is 0 Å². The van der Waals surface area contributed by atoms with Crippen molar-refractivity contribution < 1.29 is 13.9 Å². The van der Waals surface area contributed by atoms with Crippen LogP contribution >= 0.6 is 11.3 Å². The number of carbonyl (C=O) groups excluding carboxylic acids is 1. The second-order valence-corrected chi connectivity index (χ2v) is 6.15. The van der Waals surface area contributed by atoms with Gasteiger partial charge in [0.05, 0.1) is 17.7 Å². The minimum absolute atomic E-state index is 0.179. The number of nitrogens with zero attached hydrogens (tertiary/aromatic N) is 2. The molecule has 0 fully saturated rings. The van der Waals surface area contributed by atoms with Gasteiger partial charge in [0.25, 0.3) is 11.8 Å². The Morgan fingerprint density at radius 3 is 2.57 bits per heavy atom. The van der Waals surface area contributed by atoms with Crippen molar-refractivity contribution in [1.82, 2.24) is 10.2 Å². The molecule has 1 aromatic carbocycles. The molecule has 118 valence electrons. The van der Waals surface area contributed by atoms with Crippen LogP contribution in [0, 0.1) is 13.8 Å². The van der Waals surface area contributed by atoms with E-state index < -0.39 is 0 Å². The average molecular weight is 329 g/mol. The molecule has 6 nitrogen and oxygen atoms in total. The Labute approximate surface area is 137 Å². The van der Waals surface area contributed by atoms with E-state index in [0.29, 0.717) is 23.1 Å². The van der Waals surface area contributed by atoms with Gasteiger partial charge >= 0.3 is 0 Å². The molecule has 2 heterocycles. The van der Waals surface area contributed by atoms with Gasteiger partial charge in [0.15, 0.2) is 0 Å². The zero-order valence-electron chi connectivity index (χ0n) is 12.9. The smallest absolute Gasteiger partial charge is 0.257 e. The summed E-state index contributed by atoms with van der Waals surface area (Å²) in [7, 11) is 1.59. The summed E-state index contributed by atoms with van der Waals surface area (Å²) in [5.41, 5.74) is 1.30. The number of thiophene rings is 1. The molecule has 0 aliphatic heterocycles. The summed E-state index contributed by atoms with van der Waals surface area (Å²) in [4.78, 5) is 14.1. The Morgan fingerprint density at radius 2 is 1.96 bits per heavy atom. The van der Waals surface area contributed by atoms with Gasteiger partial charge in [-0.25, -0.2) is 0 Å². The number of hydrogen-bond acceptors (Lipinski definition) is 6. The van der Waals surface area contributed by atoms with Crippen LogP contribution in [0.3, 0.4) is 0 Å². The first-order valence-corrected chi connectivity index (χ1v) is 7.75. The molecule has 1 N–H and O–H groups in total. The zero-order chi connectivity index (χ0) is 16.4. The SMILES string of the molecule is COc1ccc(C(=O)Nc2cc(-c3nnc(C)o3)sc2C)cc1. The van der Waals surface area contributed by atoms with Crippen LogP contribution in [0.4, 0.5) is 5.69 Å². The fraction of sp³-hybridized carbons (Fsp3) is 0.188. The highest BCUT2D eigenvalue weighted by Gasteiger charge is 2.15. The molecule has 0 saturated carbocycles. The van der Waals surface area contributed by atoms with Crippen molar-refractivity contribution >= 4 is 22.9 Å². The molecule has 0 saturated heterocycles. The van der Waals surface area contributed by atoms with Crippen LogP contribution in [-0.2, 0) is 0 Å². The van der Waals surface area contributed by atoms with Crippen molar-refractivity contribution in [3.8, 4) is 16.5 Å². The lowest BCUT2D eigenvalue weighted by Gasteiger charge is -2.05. The average Bonchev–Trinajstić information content (AvgIpc) is 3.14. The van der Waals surface area contributed by atoms with Crippen molar-refractivity contribution in [2.45, 2.75) is 13.8 Å². The number of hydrogen-bond donors (Lipinski definition) is 1. The van der Waals surface area contributed by atoms with Gasteiger partial charge in [-0.05, 0) is 37.3 Å². The summed E-state index contributed by atoms with van der Waals surface area (Å²) in [6, 6.07) is 8.79. The summed E-state index contributed by atoms with van der Waals surface area (Å²) in [6.07, 6.45) is 0. The van der Waals surface area contributed by atoms with Crippen molar-refractivity contribution in [2.75, 3.05) is 12.4 Å². The van der Waals surface area contributed by atoms with Gasteiger partial charge in [-0.3, -0.25) is 4.79 Å². The third-order valence-electron chi connectivity index (χ3n) is 3.25. The Balaban J connectivity index is 1.79. The summed E-state index contributed by atoms with van der Waals surface area (Å²) < 4.78 is 10.5. The van der Waals surface area contributed by atoms with Gasteiger partial charge < -0.3 is 14.5 Å². The zero-order valence-corrected chi connectivity index (χ0v) is 13.7. The van der Waals surface area contributed by atoms with Gasteiger partial charge in [0.1, 0.15) is 5.75 Å². The van der Waals surface area contributed by atoms with Crippen LogP contribution in [0.5, 0.6) is 5.75 Å². The number of ether oxygens (including phenoxy) is 1. The maximum atomic E-state index is 12.3. The van der Waals surface area contributed by atoms with E-state index in [9.17, 15) is 4.79 Å². The van der Waals surface area contributed by atoms with Crippen LogP contribution in [0.25, 0.3) is 10.8 Å². The Hall–Kier alpha value is -2.67. The minimum Gasteiger partial charge on any atom is -0.497 e. The van der Waals surface area contributed by atoms with Crippen LogP contribution in [0.2, 0.25) is 0 Å². The monoisotopic (exact) mass is 329 g/mol. The summed E-state index contributed by atoms with van der Waals surface area (Å²) in [5, 5.41) is 10.7. The van der Waals surface area contributed by atoms with E-state index >= 15 is 0 Å². The first-order valence-electron chi connectivity index (χ1n) is 6.93. The summed E-state index contributed by atoms with van der Waals surface area (Å²) >= 11 is 1.49. The maximum absolute atomic E-state index is 12.3. The molecule has 0 unspecified atom stereocenters. The lowest BCUT2D eigenvalue weighted by molar-refractivity contribution is 0.102. The standard InChI is InChI=1S/C16H15N3O3S/c1-9-13(8-14(23-9)16-19-18-10(2)22-16)17-15(20)11-4-6-12(21-3)7-5-11/h4-8H,1-3H3,(H,17,20). The summed E-state index contributed by atoms with van der Waals surface area (Å²) in [5.74, 6) is 1.50. The molecule has 23 heavy (non-hydrogen) atoms. The number of benzene rings is 1. The molecule has 3 aromatic rings. The number of carbonyl (C=O) groups is 1. The Kier molecular flexibility index (Phi) is 4.12.